The Morgan fingerprint density at radius 1 is 0.898 bits per heavy atom. The Bertz CT molecular complexity index is 2220. The smallest absolute Gasteiger partial charge is 0.416 e. The summed E-state index contributed by atoms with van der Waals surface area (Å²) in [4.78, 5) is 30.3. The van der Waals surface area contributed by atoms with Crippen LogP contribution in [0.15, 0.2) is 95.8 Å². The van der Waals surface area contributed by atoms with E-state index >= 15 is 0 Å². The van der Waals surface area contributed by atoms with Gasteiger partial charge in [0.05, 0.1) is 49.0 Å². The number of ether oxygens (including phenoxy) is 3. The number of aromatic amines is 1. The zero-order valence-corrected chi connectivity index (χ0v) is 26.9. The van der Waals surface area contributed by atoms with E-state index in [0.29, 0.717) is 46.5 Å². The first-order chi connectivity index (χ1) is 23.5. The van der Waals surface area contributed by atoms with Gasteiger partial charge in [-0.3, -0.25) is 4.79 Å². The second kappa shape index (κ2) is 13.4. The molecule has 0 saturated carbocycles. The average molecular weight is 671 g/mol. The number of carbonyl (C=O) groups excluding carboxylic acids is 1. The van der Waals surface area contributed by atoms with Crippen LogP contribution in [0.5, 0.6) is 17.2 Å². The molecule has 0 bridgehead atoms. The Kier molecular flexibility index (Phi) is 9.09. The third-order valence-corrected chi connectivity index (χ3v) is 8.73. The van der Waals surface area contributed by atoms with E-state index in [2.05, 4.69) is 4.98 Å². The standard InChI is InChI=1S/C38H33F3N2O6/c1-43-29-13-7-5-10-27(29)35(44)33(36(43)45)32(22-14-17-24(18-15-22)38(39,40)41)34-26(25-9-4-6-12-28(25)42-34)11-8-20-49-37(46)23-16-19-30(47-2)31(21-23)48-3/h4-7,9-10,12-19,21,32,42,44H,8,11,20H2,1-3H3. The molecule has 0 aliphatic heterocycles. The number of benzene rings is 4. The minimum atomic E-state index is -4.56. The summed E-state index contributed by atoms with van der Waals surface area (Å²) in [6.45, 7) is 0.0556. The number of nitrogens with one attached hydrogen (secondary N) is 1. The zero-order chi connectivity index (χ0) is 34.9. The van der Waals surface area contributed by atoms with Gasteiger partial charge in [-0.05, 0) is 72.5 Å². The minimum absolute atomic E-state index is 0.0219. The van der Waals surface area contributed by atoms with Crippen molar-refractivity contribution in [1.29, 1.82) is 0 Å². The van der Waals surface area contributed by atoms with Gasteiger partial charge < -0.3 is 28.9 Å². The normalized spacial score (nSPS) is 12.3. The van der Waals surface area contributed by atoms with Crippen molar-refractivity contribution < 1.29 is 37.3 Å². The van der Waals surface area contributed by atoms with Crippen molar-refractivity contribution >= 4 is 27.8 Å². The first kappa shape index (κ1) is 33.2. The number of hydrogen-bond acceptors (Lipinski definition) is 6. The Morgan fingerprint density at radius 3 is 2.27 bits per heavy atom. The van der Waals surface area contributed by atoms with Crippen LogP contribution < -0.4 is 15.0 Å². The molecular weight excluding hydrogens is 637 g/mol. The van der Waals surface area contributed by atoms with Gasteiger partial charge in [-0.1, -0.05) is 42.5 Å². The highest BCUT2D eigenvalue weighted by atomic mass is 19.4. The monoisotopic (exact) mass is 670 g/mol. The van der Waals surface area contributed by atoms with E-state index in [1.807, 2.05) is 24.3 Å². The summed E-state index contributed by atoms with van der Waals surface area (Å²) in [5.74, 6) is -0.912. The molecule has 1 atom stereocenters. The van der Waals surface area contributed by atoms with Crippen LogP contribution in [0.4, 0.5) is 13.2 Å². The second-order valence-electron chi connectivity index (χ2n) is 11.6. The highest BCUT2D eigenvalue weighted by molar-refractivity contribution is 5.90. The van der Waals surface area contributed by atoms with E-state index in [1.165, 1.54) is 37.0 Å². The molecular formula is C38H33F3N2O6. The van der Waals surface area contributed by atoms with Crippen LogP contribution in [0.1, 0.15) is 50.6 Å². The number of rotatable bonds is 10. The number of hydrogen-bond donors (Lipinski definition) is 2. The molecule has 2 heterocycles. The van der Waals surface area contributed by atoms with E-state index in [9.17, 15) is 27.9 Å². The predicted molar refractivity (Wildman–Crippen MR) is 180 cm³/mol. The zero-order valence-electron chi connectivity index (χ0n) is 26.9. The summed E-state index contributed by atoms with van der Waals surface area (Å²) in [7, 11) is 4.56. The van der Waals surface area contributed by atoms with Crippen molar-refractivity contribution in [3.05, 3.63) is 135 Å². The number of aromatic nitrogens is 2. The van der Waals surface area contributed by atoms with E-state index in [0.717, 1.165) is 28.6 Å². The lowest BCUT2D eigenvalue weighted by molar-refractivity contribution is -0.137. The molecule has 11 heteroatoms. The minimum Gasteiger partial charge on any atom is -0.507 e. The quantitative estimate of drug-likeness (QED) is 0.114. The number of methoxy groups -OCH3 is 2. The van der Waals surface area contributed by atoms with Gasteiger partial charge in [-0.15, -0.1) is 0 Å². The first-order valence-electron chi connectivity index (χ1n) is 15.5. The predicted octanol–water partition coefficient (Wildman–Crippen LogP) is 7.73. The van der Waals surface area contributed by atoms with Crippen LogP contribution in [-0.2, 0) is 24.4 Å². The highest BCUT2D eigenvalue weighted by Gasteiger charge is 2.33. The van der Waals surface area contributed by atoms with E-state index in [-0.39, 0.29) is 23.5 Å². The van der Waals surface area contributed by atoms with Crippen molar-refractivity contribution in [2.24, 2.45) is 7.05 Å². The van der Waals surface area contributed by atoms with Gasteiger partial charge in [0.2, 0.25) is 0 Å². The molecule has 6 aromatic rings. The number of halogens is 3. The summed E-state index contributed by atoms with van der Waals surface area (Å²) in [6, 6.07) is 23.7. The van der Waals surface area contributed by atoms with Crippen molar-refractivity contribution in [3.63, 3.8) is 0 Å². The lowest BCUT2D eigenvalue weighted by Gasteiger charge is -2.22. The van der Waals surface area contributed by atoms with Crippen LogP contribution in [0.3, 0.4) is 0 Å². The Morgan fingerprint density at radius 2 is 1.57 bits per heavy atom. The fraction of sp³-hybridized carbons (Fsp3) is 0.211. The first-order valence-corrected chi connectivity index (χ1v) is 15.5. The molecule has 0 fully saturated rings. The number of para-hydroxylation sites is 2. The fourth-order valence-electron chi connectivity index (χ4n) is 6.30. The SMILES string of the molecule is COc1ccc(C(=O)OCCCc2c(C(c3ccc(C(F)(F)F)cc3)c3c(O)c4ccccc4n(C)c3=O)[nH]c3ccccc23)cc1OC. The van der Waals surface area contributed by atoms with Crippen LogP contribution in [0.25, 0.3) is 21.8 Å². The van der Waals surface area contributed by atoms with Gasteiger partial charge in [0.1, 0.15) is 5.75 Å². The third-order valence-electron chi connectivity index (χ3n) is 8.73. The lowest BCUT2D eigenvalue weighted by atomic mass is 9.84. The molecule has 252 valence electrons. The van der Waals surface area contributed by atoms with Gasteiger partial charge in [0, 0.05) is 29.0 Å². The topological polar surface area (TPSA) is 103 Å². The maximum atomic E-state index is 14.0. The number of alkyl halides is 3. The average Bonchev–Trinajstić information content (AvgIpc) is 3.47. The Hall–Kier alpha value is -5.71. The maximum Gasteiger partial charge on any atom is 0.416 e. The molecule has 0 radical (unpaired) electrons. The number of H-pyrrole nitrogens is 1. The van der Waals surface area contributed by atoms with Gasteiger partial charge in [-0.2, -0.15) is 13.2 Å². The molecule has 6 rings (SSSR count). The van der Waals surface area contributed by atoms with Gasteiger partial charge in [-0.25, -0.2) is 4.79 Å². The molecule has 1 unspecified atom stereocenters. The van der Waals surface area contributed by atoms with Crippen molar-refractivity contribution in [3.8, 4) is 17.2 Å². The number of fused-ring (bicyclic) bond motifs is 2. The van der Waals surface area contributed by atoms with E-state index in [4.69, 9.17) is 14.2 Å². The third kappa shape index (κ3) is 6.31. The van der Waals surface area contributed by atoms with Crippen LogP contribution in [-0.4, -0.2) is 41.5 Å². The van der Waals surface area contributed by atoms with Crippen LogP contribution in [0, 0.1) is 0 Å². The Balaban J connectivity index is 1.41. The van der Waals surface area contributed by atoms with Gasteiger partial charge >= 0.3 is 12.1 Å². The Labute approximate surface area is 279 Å². The highest BCUT2D eigenvalue weighted by Crippen LogP contribution is 2.42. The summed E-state index contributed by atoms with van der Waals surface area (Å²) in [5, 5.41) is 12.9. The van der Waals surface area contributed by atoms with E-state index in [1.54, 1.807) is 43.4 Å². The molecule has 0 spiro atoms. The number of nitrogens with zero attached hydrogens (tertiary/aromatic N) is 1. The summed E-state index contributed by atoms with van der Waals surface area (Å²) in [5.41, 5.74) is 1.92. The summed E-state index contributed by atoms with van der Waals surface area (Å²) >= 11 is 0. The number of pyridine rings is 1. The lowest BCUT2D eigenvalue weighted by Crippen LogP contribution is -2.25. The van der Waals surface area contributed by atoms with Crippen LogP contribution in [0.2, 0.25) is 0 Å². The molecule has 0 aliphatic rings. The number of carbonyl (C=O) groups is 1. The molecule has 4 aromatic carbocycles. The van der Waals surface area contributed by atoms with Crippen molar-refractivity contribution in [2.45, 2.75) is 24.9 Å². The summed E-state index contributed by atoms with van der Waals surface area (Å²) in [6.07, 6.45) is -3.80. The van der Waals surface area contributed by atoms with Gasteiger partial charge in [0.25, 0.3) is 5.56 Å². The largest absolute Gasteiger partial charge is 0.507 e. The van der Waals surface area contributed by atoms with Crippen LogP contribution >= 0.6 is 0 Å². The maximum absolute atomic E-state index is 14.0. The second-order valence-corrected chi connectivity index (χ2v) is 11.6. The van der Waals surface area contributed by atoms with Crippen molar-refractivity contribution in [2.75, 3.05) is 20.8 Å². The van der Waals surface area contributed by atoms with Crippen molar-refractivity contribution in [1.82, 2.24) is 9.55 Å². The summed E-state index contributed by atoms with van der Waals surface area (Å²) < 4.78 is 58.3. The molecule has 0 saturated heterocycles. The number of aromatic hydroxyl groups is 1. The molecule has 8 nitrogen and oxygen atoms in total. The van der Waals surface area contributed by atoms with E-state index < -0.39 is 29.2 Å². The molecule has 2 aromatic heterocycles. The number of aryl methyl sites for hydroxylation is 2. The molecule has 49 heavy (non-hydrogen) atoms. The molecule has 0 aliphatic carbocycles. The van der Waals surface area contributed by atoms with Gasteiger partial charge in [0.15, 0.2) is 11.5 Å². The fourth-order valence-corrected chi connectivity index (χ4v) is 6.30. The number of esters is 1. The molecule has 0 amide bonds. The molecule has 2 N–H and O–H groups in total.